The number of rotatable bonds is 2. The van der Waals surface area contributed by atoms with Crippen LogP contribution in [0.5, 0.6) is 0 Å². The van der Waals surface area contributed by atoms with Crippen LogP contribution < -0.4 is 0 Å². The van der Waals surface area contributed by atoms with Gasteiger partial charge in [0, 0.05) is 5.38 Å². The van der Waals surface area contributed by atoms with E-state index in [0.29, 0.717) is 10.8 Å². The van der Waals surface area contributed by atoms with Gasteiger partial charge in [-0.3, -0.25) is 0 Å². The summed E-state index contributed by atoms with van der Waals surface area (Å²) in [5, 5.41) is 0.449. The van der Waals surface area contributed by atoms with Gasteiger partial charge in [0.1, 0.15) is 0 Å². The molecular weight excluding hydrogens is 180 g/mol. The fourth-order valence-corrected chi connectivity index (χ4v) is 2.55. The Hall–Kier alpha value is 0.290. The maximum absolute atomic E-state index is 6.21. The smallest absolute Gasteiger partial charge is 0.0364 e. The molecule has 0 aromatic heterocycles. The quantitative estimate of drug-likeness (QED) is 0.580. The monoisotopic (exact) mass is 202 g/mol. The minimum absolute atomic E-state index is 0.449. The third-order valence-electron chi connectivity index (χ3n) is 3.39. The summed E-state index contributed by atoms with van der Waals surface area (Å²) in [4.78, 5) is 0. The van der Waals surface area contributed by atoms with Gasteiger partial charge in [0.05, 0.1) is 0 Å². The summed E-state index contributed by atoms with van der Waals surface area (Å²) < 4.78 is 0. The Morgan fingerprint density at radius 1 is 1.23 bits per heavy atom. The van der Waals surface area contributed by atoms with Gasteiger partial charge in [-0.05, 0) is 42.9 Å². The Kier molecular flexibility index (Phi) is 3.68. The zero-order valence-electron chi connectivity index (χ0n) is 9.44. The molecule has 0 aromatic carbocycles. The maximum atomic E-state index is 6.21. The van der Waals surface area contributed by atoms with Crippen molar-refractivity contribution in [3.05, 3.63) is 0 Å². The second-order valence-electron chi connectivity index (χ2n) is 5.81. The summed E-state index contributed by atoms with van der Waals surface area (Å²) in [7, 11) is 0. The van der Waals surface area contributed by atoms with Crippen LogP contribution in [0, 0.1) is 17.3 Å². The summed E-state index contributed by atoms with van der Waals surface area (Å²) in [6, 6.07) is 0. The normalized spacial score (nSPS) is 35.3. The van der Waals surface area contributed by atoms with Crippen LogP contribution in [-0.4, -0.2) is 5.38 Å². The minimum atomic E-state index is 0.449. The number of halogens is 1. The van der Waals surface area contributed by atoms with Gasteiger partial charge < -0.3 is 0 Å². The van der Waals surface area contributed by atoms with Crippen LogP contribution in [0.4, 0.5) is 0 Å². The Balaban J connectivity index is 2.30. The van der Waals surface area contributed by atoms with E-state index in [4.69, 9.17) is 11.6 Å². The average molecular weight is 203 g/mol. The molecule has 0 spiro atoms. The standard InChI is InChI=1S/C12H23Cl/c1-9-10(5-6-11(9)13)7-8-12(2,3)4/h9-11H,5-8H2,1-4H3. The Bertz CT molecular complexity index is 157. The minimum Gasteiger partial charge on any atom is -0.123 e. The molecule has 1 heteroatoms. The van der Waals surface area contributed by atoms with Crippen molar-refractivity contribution in [2.75, 3.05) is 0 Å². The van der Waals surface area contributed by atoms with Crippen LogP contribution in [-0.2, 0) is 0 Å². The molecular formula is C12H23Cl. The van der Waals surface area contributed by atoms with Crippen molar-refractivity contribution in [3.63, 3.8) is 0 Å². The van der Waals surface area contributed by atoms with Crippen LogP contribution in [0.3, 0.4) is 0 Å². The van der Waals surface area contributed by atoms with Gasteiger partial charge in [0.15, 0.2) is 0 Å². The first kappa shape index (κ1) is 11.4. The fourth-order valence-electron chi connectivity index (χ4n) is 2.22. The van der Waals surface area contributed by atoms with Gasteiger partial charge in [0.2, 0.25) is 0 Å². The largest absolute Gasteiger partial charge is 0.123 e. The molecule has 1 saturated carbocycles. The third kappa shape index (κ3) is 3.50. The zero-order chi connectivity index (χ0) is 10.1. The lowest BCUT2D eigenvalue weighted by atomic mass is 9.84. The highest BCUT2D eigenvalue weighted by Gasteiger charge is 2.31. The highest BCUT2D eigenvalue weighted by Crippen LogP contribution is 2.39. The predicted molar refractivity (Wildman–Crippen MR) is 60.2 cm³/mol. The lowest BCUT2D eigenvalue weighted by molar-refractivity contribution is 0.294. The van der Waals surface area contributed by atoms with Crippen LogP contribution in [0.25, 0.3) is 0 Å². The summed E-state index contributed by atoms with van der Waals surface area (Å²) >= 11 is 6.21. The first-order valence-electron chi connectivity index (χ1n) is 5.54. The molecule has 0 aromatic rings. The van der Waals surface area contributed by atoms with Gasteiger partial charge in [0.25, 0.3) is 0 Å². The van der Waals surface area contributed by atoms with E-state index in [0.717, 1.165) is 11.8 Å². The molecule has 0 aliphatic heterocycles. The van der Waals surface area contributed by atoms with E-state index < -0.39 is 0 Å². The van der Waals surface area contributed by atoms with Gasteiger partial charge in [-0.25, -0.2) is 0 Å². The van der Waals surface area contributed by atoms with E-state index in [2.05, 4.69) is 27.7 Å². The highest BCUT2D eigenvalue weighted by molar-refractivity contribution is 6.20. The van der Waals surface area contributed by atoms with Crippen molar-refractivity contribution < 1.29 is 0 Å². The topological polar surface area (TPSA) is 0 Å². The molecule has 0 N–H and O–H groups in total. The first-order chi connectivity index (χ1) is 5.90. The molecule has 78 valence electrons. The molecule has 13 heavy (non-hydrogen) atoms. The second kappa shape index (κ2) is 4.21. The second-order valence-corrected chi connectivity index (χ2v) is 6.37. The van der Waals surface area contributed by atoms with Crippen molar-refractivity contribution in [2.45, 2.75) is 58.8 Å². The predicted octanol–water partition coefficient (Wildman–Crippen LogP) is 4.47. The Morgan fingerprint density at radius 2 is 1.85 bits per heavy atom. The van der Waals surface area contributed by atoms with Gasteiger partial charge in [-0.15, -0.1) is 11.6 Å². The number of hydrogen-bond acceptors (Lipinski definition) is 0. The molecule has 0 radical (unpaired) electrons. The maximum Gasteiger partial charge on any atom is 0.0364 e. The van der Waals surface area contributed by atoms with E-state index in [-0.39, 0.29) is 0 Å². The van der Waals surface area contributed by atoms with E-state index in [1.807, 2.05) is 0 Å². The van der Waals surface area contributed by atoms with E-state index in [1.165, 1.54) is 25.7 Å². The van der Waals surface area contributed by atoms with E-state index in [1.54, 1.807) is 0 Å². The lowest BCUT2D eigenvalue weighted by Gasteiger charge is -2.23. The number of alkyl halides is 1. The van der Waals surface area contributed by atoms with E-state index in [9.17, 15) is 0 Å². The van der Waals surface area contributed by atoms with E-state index >= 15 is 0 Å². The fraction of sp³-hybridized carbons (Fsp3) is 1.00. The molecule has 3 unspecified atom stereocenters. The van der Waals surface area contributed by atoms with Gasteiger partial charge >= 0.3 is 0 Å². The van der Waals surface area contributed by atoms with Crippen LogP contribution >= 0.6 is 11.6 Å². The Labute approximate surface area is 88.1 Å². The molecule has 0 heterocycles. The summed E-state index contributed by atoms with van der Waals surface area (Å²) in [6.07, 6.45) is 5.29. The van der Waals surface area contributed by atoms with Crippen LogP contribution in [0.2, 0.25) is 0 Å². The SMILES string of the molecule is CC1C(Cl)CCC1CCC(C)(C)C. The molecule has 1 fully saturated rings. The summed E-state index contributed by atoms with van der Waals surface area (Å²) in [6.45, 7) is 9.29. The molecule has 1 aliphatic carbocycles. The zero-order valence-corrected chi connectivity index (χ0v) is 10.2. The van der Waals surface area contributed by atoms with Crippen molar-refractivity contribution in [1.29, 1.82) is 0 Å². The van der Waals surface area contributed by atoms with Crippen molar-refractivity contribution >= 4 is 11.6 Å². The molecule has 1 aliphatic rings. The molecule has 1 rings (SSSR count). The molecule has 0 saturated heterocycles. The lowest BCUT2D eigenvalue weighted by Crippen LogP contribution is -2.14. The number of hydrogen-bond donors (Lipinski definition) is 0. The average Bonchev–Trinajstić information content (AvgIpc) is 2.29. The van der Waals surface area contributed by atoms with Crippen LogP contribution in [0.1, 0.15) is 53.4 Å². The molecule has 3 atom stereocenters. The van der Waals surface area contributed by atoms with Crippen molar-refractivity contribution in [3.8, 4) is 0 Å². The highest BCUT2D eigenvalue weighted by atomic mass is 35.5. The van der Waals surface area contributed by atoms with Crippen LogP contribution in [0.15, 0.2) is 0 Å². The molecule has 0 amide bonds. The van der Waals surface area contributed by atoms with Gasteiger partial charge in [-0.1, -0.05) is 27.7 Å². The summed E-state index contributed by atoms with van der Waals surface area (Å²) in [5.41, 5.74) is 0.490. The molecule has 0 nitrogen and oxygen atoms in total. The van der Waals surface area contributed by atoms with Crippen molar-refractivity contribution in [2.24, 2.45) is 17.3 Å². The first-order valence-corrected chi connectivity index (χ1v) is 5.98. The summed E-state index contributed by atoms with van der Waals surface area (Å²) in [5.74, 6) is 1.63. The van der Waals surface area contributed by atoms with Crippen molar-refractivity contribution in [1.82, 2.24) is 0 Å². The Morgan fingerprint density at radius 3 is 2.23 bits per heavy atom. The van der Waals surface area contributed by atoms with Gasteiger partial charge in [-0.2, -0.15) is 0 Å². The molecule has 0 bridgehead atoms. The third-order valence-corrected chi connectivity index (χ3v) is 4.01.